The van der Waals surface area contributed by atoms with Crippen LogP contribution in [0.3, 0.4) is 0 Å². The molecule has 3 saturated heterocycles. The summed E-state index contributed by atoms with van der Waals surface area (Å²) >= 11 is 3.85. The van der Waals surface area contributed by atoms with Gasteiger partial charge >= 0.3 is 0 Å². The topological polar surface area (TPSA) is 35.5 Å². The molecule has 3 fully saturated rings. The Morgan fingerprint density at radius 2 is 1.95 bits per heavy atom. The van der Waals surface area contributed by atoms with Gasteiger partial charge in [-0.25, -0.2) is 0 Å². The molecule has 0 bridgehead atoms. The first-order chi connectivity index (χ1) is 9.29. The summed E-state index contributed by atoms with van der Waals surface area (Å²) in [6.45, 7) is 1.48. The van der Waals surface area contributed by atoms with Crippen molar-refractivity contribution in [1.29, 1.82) is 0 Å². The summed E-state index contributed by atoms with van der Waals surface area (Å²) in [7, 11) is 0. The average molecular weight is 302 g/mol. The van der Waals surface area contributed by atoms with Gasteiger partial charge in [0.05, 0.1) is 12.2 Å². The molecule has 3 rings (SSSR count). The third kappa shape index (κ3) is 3.31. The Morgan fingerprint density at radius 1 is 1.11 bits per heavy atom. The molecule has 2 atom stereocenters. The van der Waals surface area contributed by atoms with Crippen LogP contribution in [0.1, 0.15) is 25.7 Å². The van der Waals surface area contributed by atoms with Crippen molar-refractivity contribution in [2.45, 2.75) is 37.4 Å². The maximum Gasteiger partial charge on any atom is 0.165 e. The Balaban J connectivity index is 1.62. The molecule has 2 unspecified atom stereocenters. The van der Waals surface area contributed by atoms with E-state index in [-0.39, 0.29) is 17.6 Å². The molecule has 0 aromatic rings. The second-order valence-electron chi connectivity index (χ2n) is 5.67. The van der Waals surface area contributed by atoms with Gasteiger partial charge in [-0.05, 0) is 37.2 Å². The lowest BCUT2D eigenvalue weighted by Crippen LogP contribution is -2.47. The Bertz CT molecular complexity index is 317. The standard InChI is InChI=1S/C14H22O3S2/c15-13(12-10-19-8-5-16-12)11-1-4-17-14(9-11)2-6-18-7-3-14/h11-12H,1-10H2. The summed E-state index contributed by atoms with van der Waals surface area (Å²) in [5, 5.41) is 0. The second-order valence-corrected chi connectivity index (χ2v) is 8.04. The van der Waals surface area contributed by atoms with Crippen LogP contribution in [0, 0.1) is 5.92 Å². The molecule has 1 spiro atoms. The quantitative estimate of drug-likeness (QED) is 0.782. The van der Waals surface area contributed by atoms with Gasteiger partial charge in [0.1, 0.15) is 6.10 Å². The van der Waals surface area contributed by atoms with Crippen LogP contribution in [0.25, 0.3) is 0 Å². The maximum absolute atomic E-state index is 12.6. The predicted octanol–water partition coefficient (Wildman–Crippen LogP) is 2.38. The summed E-state index contributed by atoms with van der Waals surface area (Å²) in [6.07, 6.45) is 3.88. The van der Waals surface area contributed by atoms with Crippen LogP contribution in [0.5, 0.6) is 0 Å². The van der Waals surface area contributed by atoms with Gasteiger partial charge in [-0.2, -0.15) is 23.5 Å². The first-order valence-corrected chi connectivity index (χ1v) is 9.55. The zero-order valence-corrected chi connectivity index (χ0v) is 12.9. The Morgan fingerprint density at radius 3 is 2.68 bits per heavy atom. The van der Waals surface area contributed by atoms with Crippen molar-refractivity contribution in [3.63, 3.8) is 0 Å². The Kier molecular flexibility index (Phi) is 4.78. The third-order valence-electron chi connectivity index (χ3n) is 4.43. The molecule has 0 aliphatic carbocycles. The smallest absolute Gasteiger partial charge is 0.165 e. The van der Waals surface area contributed by atoms with Gasteiger partial charge in [0.15, 0.2) is 5.78 Å². The summed E-state index contributed by atoms with van der Waals surface area (Å²) < 4.78 is 11.7. The van der Waals surface area contributed by atoms with E-state index < -0.39 is 0 Å². The highest BCUT2D eigenvalue weighted by molar-refractivity contribution is 7.99. The Hall–Kier alpha value is 0.290. The molecular weight excluding hydrogens is 280 g/mol. The third-order valence-corrected chi connectivity index (χ3v) is 6.41. The lowest BCUT2D eigenvalue weighted by Gasteiger charge is -2.43. The summed E-state index contributed by atoms with van der Waals surface area (Å²) in [4.78, 5) is 12.6. The van der Waals surface area contributed by atoms with Gasteiger partial charge in [-0.1, -0.05) is 0 Å². The van der Waals surface area contributed by atoms with Crippen LogP contribution < -0.4 is 0 Å². The van der Waals surface area contributed by atoms with E-state index in [0.29, 0.717) is 5.78 Å². The second kappa shape index (κ2) is 6.37. The van der Waals surface area contributed by atoms with Crippen molar-refractivity contribution in [1.82, 2.24) is 0 Å². The molecule has 0 saturated carbocycles. The summed E-state index contributed by atoms with van der Waals surface area (Å²) in [5.41, 5.74) is 0.00559. The normalized spacial score (nSPS) is 35.2. The lowest BCUT2D eigenvalue weighted by molar-refractivity contribution is -0.147. The number of thioether (sulfide) groups is 2. The fourth-order valence-electron chi connectivity index (χ4n) is 3.28. The molecule has 5 heteroatoms. The van der Waals surface area contributed by atoms with Crippen molar-refractivity contribution in [3.05, 3.63) is 0 Å². The molecule has 3 aliphatic rings. The van der Waals surface area contributed by atoms with E-state index in [4.69, 9.17) is 9.47 Å². The summed E-state index contributed by atoms with van der Waals surface area (Å²) in [6, 6.07) is 0. The van der Waals surface area contributed by atoms with Crippen molar-refractivity contribution >= 4 is 29.3 Å². The van der Waals surface area contributed by atoms with Crippen LogP contribution in [0.4, 0.5) is 0 Å². The molecule has 0 N–H and O–H groups in total. The molecule has 3 aliphatic heterocycles. The highest BCUT2D eigenvalue weighted by Gasteiger charge is 2.42. The highest BCUT2D eigenvalue weighted by Crippen LogP contribution is 2.40. The number of ether oxygens (including phenoxy) is 2. The monoisotopic (exact) mass is 302 g/mol. The van der Waals surface area contributed by atoms with Crippen molar-refractivity contribution < 1.29 is 14.3 Å². The number of Topliss-reactive ketones (excluding diaryl/α,β-unsaturated/α-hetero) is 1. The largest absolute Gasteiger partial charge is 0.375 e. The van der Waals surface area contributed by atoms with Gasteiger partial charge < -0.3 is 9.47 Å². The predicted molar refractivity (Wildman–Crippen MR) is 80.0 cm³/mol. The molecule has 0 aromatic carbocycles. The molecule has 19 heavy (non-hydrogen) atoms. The van der Waals surface area contributed by atoms with E-state index in [2.05, 4.69) is 0 Å². The zero-order valence-electron chi connectivity index (χ0n) is 11.3. The van der Waals surface area contributed by atoms with E-state index in [1.165, 1.54) is 11.5 Å². The minimum absolute atomic E-state index is 0.00559. The minimum atomic E-state index is -0.156. The average Bonchev–Trinajstić information content (AvgIpc) is 2.48. The van der Waals surface area contributed by atoms with Gasteiger partial charge in [0.25, 0.3) is 0 Å². The fourth-order valence-corrected chi connectivity index (χ4v) is 5.37. The minimum Gasteiger partial charge on any atom is -0.375 e. The van der Waals surface area contributed by atoms with Gasteiger partial charge in [0.2, 0.25) is 0 Å². The molecule has 108 valence electrons. The molecular formula is C14H22O3S2. The number of carbonyl (C=O) groups excluding carboxylic acids is 1. The first-order valence-electron chi connectivity index (χ1n) is 7.24. The SMILES string of the molecule is O=C(C1CCOC2(CCSCC2)C1)C1CSCCO1. The molecule has 0 radical (unpaired) electrons. The molecule has 3 heterocycles. The number of rotatable bonds is 2. The van der Waals surface area contributed by atoms with Crippen molar-refractivity contribution in [3.8, 4) is 0 Å². The van der Waals surface area contributed by atoms with Crippen molar-refractivity contribution in [2.24, 2.45) is 5.92 Å². The lowest BCUT2D eigenvalue weighted by atomic mass is 9.79. The number of ketones is 1. The van der Waals surface area contributed by atoms with Crippen LogP contribution in [0.15, 0.2) is 0 Å². The summed E-state index contributed by atoms with van der Waals surface area (Å²) in [5.74, 6) is 4.74. The van der Waals surface area contributed by atoms with E-state index in [1.807, 2.05) is 23.5 Å². The number of hydrogen-bond acceptors (Lipinski definition) is 5. The van der Waals surface area contributed by atoms with Gasteiger partial charge in [0, 0.05) is 24.0 Å². The number of hydrogen-bond donors (Lipinski definition) is 0. The van der Waals surface area contributed by atoms with Crippen LogP contribution in [0.2, 0.25) is 0 Å². The zero-order chi connectivity index (χ0) is 13.1. The van der Waals surface area contributed by atoms with E-state index in [1.54, 1.807) is 0 Å². The Labute approximate surface area is 123 Å². The first kappa shape index (κ1) is 14.2. The maximum atomic E-state index is 12.6. The fraction of sp³-hybridized carbons (Fsp3) is 0.929. The van der Waals surface area contributed by atoms with E-state index in [9.17, 15) is 4.79 Å². The molecule has 0 amide bonds. The number of carbonyl (C=O) groups is 1. The van der Waals surface area contributed by atoms with Gasteiger partial charge in [-0.3, -0.25) is 4.79 Å². The van der Waals surface area contributed by atoms with E-state index in [0.717, 1.165) is 50.4 Å². The molecule has 3 nitrogen and oxygen atoms in total. The van der Waals surface area contributed by atoms with Crippen LogP contribution in [-0.4, -0.2) is 53.7 Å². The van der Waals surface area contributed by atoms with E-state index >= 15 is 0 Å². The van der Waals surface area contributed by atoms with Crippen LogP contribution in [-0.2, 0) is 14.3 Å². The van der Waals surface area contributed by atoms with Crippen LogP contribution >= 0.6 is 23.5 Å². The van der Waals surface area contributed by atoms with Gasteiger partial charge in [-0.15, -0.1) is 0 Å². The highest BCUT2D eigenvalue weighted by atomic mass is 32.2. The molecule has 0 aromatic heterocycles. The van der Waals surface area contributed by atoms with Crippen molar-refractivity contribution in [2.75, 3.05) is 36.2 Å².